The quantitative estimate of drug-likeness (QED) is 0.877. The van der Waals surface area contributed by atoms with Gasteiger partial charge < -0.3 is 4.90 Å². The lowest BCUT2D eigenvalue weighted by molar-refractivity contribution is 0.116. The third-order valence-corrected chi connectivity index (χ3v) is 6.06. The Labute approximate surface area is 145 Å². The standard InChI is InChI=1S/C17H27ClN2O2S/c1-13-9-14(2)11-20(10-13)12-17(3,4)19-23(21,22)16-7-5-15(18)6-8-16/h5-8,13-14,19H,9-12H2,1-4H3/t13-,14+. The van der Waals surface area contributed by atoms with Gasteiger partial charge in [-0.05, 0) is 56.4 Å². The minimum Gasteiger partial charge on any atom is -0.301 e. The molecule has 1 aliphatic rings. The molecule has 23 heavy (non-hydrogen) atoms. The van der Waals surface area contributed by atoms with Gasteiger partial charge in [0.05, 0.1) is 4.90 Å². The molecule has 6 heteroatoms. The van der Waals surface area contributed by atoms with E-state index in [0.29, 0.717) is 23.4 Å². The van der Waals surface area contributed by atoms with Crippen LogP contribution in [0.2, 0.25) is 5.02 Å². The van der Waals surface area contributed by atoms with E-state index in [2.05, 4.69) is 23.5 Å². The molecule has 1 aromatic carbocycles. The number of sulfonamides is 1. The van der Waals surface area contributed by atoms with Crippen LogP contribution in [0.3, 0.4) is 0 Å². The summed E-state index contributed by atoms with van der Waals surface area (Å²) in [4.78, 5) is 2.61. The summed E-state index contributed by atoms with van der Waals surface area (Å²) in [5, 5.41) is 0.527. The highest BCUT2D eigenvalue weighted by atomic mass is 35.5. The minimum atomic E-state index is -3.55. The lowest BCUT2D eigenvalue weighted by Gasteiger charge is -2.39. The van der Waals surface area contributed by atoms with E-state index in [1.54, 1.807) is 12.1 Å². The van der Waals surface area contributed by atoms with Gasteiger partial charge in [0.2, 0.25) is 10.0 Å². The molecule has 0 aliphatic carbocycles. The van der Waals surface area contributed by atoms with Gasteiger partial charge in [0.15, 0.2) is 0 Å². The van der Waals surface area contributed by atoms with E-state index in [0.717, 1.165) is 13.1 Å². The number of rotatable bonds is 5. The largest absolute Gasteiger partial charge is 0.301 e. The first-order valence-corrected chi connectivity index (χ1v) is 9.95. The van der Waals surface area contributed by atoms with Crippen molar-refractivity contribution in [3.8, 4) is 0 Å². The maximum atomic E-state index is 12.6. The minimum absolute atomic E-state index is 0.246. The first kappa shape index (κ1) is 18.7. The molecule has 1 fully saturated rings. The Bertz CT molecular complexity index is 618. The Morgan fingerprint density at radius 3 is 2.22 bits per heavy atom. The maximum absolute atomic E-state index is 12.6. The fourth-order valence-corrected chi connectivity index (χ4v) is 5.08. The van der Waals surface area contributed by atoms with Crippen LogP contribution in [0.15, 0.2) is 29.2 Å². The molecule has 1 saturated heterocycles. The topological polar surface area (TPSA) is 49.4 Å². The Morgan fingerprint density at radius 1 is 1.17 bits per heavy atom. The van der Waals surface area contributed by atoms with E-state index in [4.69, 9.17) is 11.6 Å². The van der Waals surface area contributed by atoms with E-state index in [9.17, 15) is 8.42 Å². The van der Waals surface area contributed by atoms with Gasteiger partial charge in [-0.3, -0.25) is 0 Å². The molecule has 0 spiro atoms. The third kappa shape index (κ3) is 5.45. The lowest BCUT2D eigenvalue weighted by Crippen LogP contribution is -2.53. The fraction of sp³-hybridized carbons (Fsp3) is 0.647. The molecular weight excluding hydrogens is 332 g/mol. The number of nitrogens with zero attached hydrogens (tertiary/aromatic N) is 1. The Hall–Kier alpha value is -0.620. The molecule has 4 nitrogen and oxygen atoms in total. The van der Waals surface area contributed by atoms with Crippen LogP contribution in [0.1, 0.15) is 34.1 Å². The molecule has 0 amide bonds. The molecule has 130 valence electrons. The summed E-state index contributed by atoms with van der Waals surface area (Å²) >= 11 is 5.83. The van der Waals surface area contributed by atoms with Gasteiger partial charge >= 0.3 is 0 Å². The highest BCUT2D eigenvalue weighted by molar-refractivity contribution is 7.89. The van der Waals surface area contributed by atoms with Crippen LogP contribution in [0.5, 0.6) is 0 Å². The van der Waals surface area contributed by atoms with Gasteiger partial charge in [0.25, 0.3) is 0 Å². The molecule has 2 atom stereocenters. The van der Waals surface area contributed by atoms with Crippen LogP contribution >= 0.6 is 11.6 Å². The van der Waals surface area contributed by atoms with Gasteiger partial charge in [0.1, 0.15) is 0 Å². The first-order chi connectivity index (χ1) is 10.6. The van der Waals surface area contributed by atoms with E-state index >= 15 is 0 Å². The molecule has 1 aliphatic heterocycles. The number of halogens is 1. The molecule has 0 bridgehead atoms. The predicted molar refractivity (Wildman–Crippen MR) is 95.2 cm³/mol. The molecular formula is C17H27ClN2O2S. The number of likely N-dealkylation sites (tertiary alicyclic amines) is 1. The molecule has 1 heterocycles. The second kappa shape index (κ2) is 7.09. The van der Waals surface area contributed by atoms with Crippen LogP contribution in [0, 0.1) is 11.8 Å². The smallest absolute Gasteiger partial charge is 0.241 e. The van der Waals surface area contributed by atoms with Crippen LogP contribution in [0.25, 0.3) is 0 Å². The maximum Gasteiger partial charge on any atom is 0.241 e. The van der Waals surface area contributed by atoms with E-state index in [-0.39, 0.29) is 4.90 Å². The van der Waals surface area contributed by atoms with Crippen molar-refractivity contribution in [3.63, 3.8) is 0 Å². The van der Waals surface area contributed by atoms with Gasteiger partial charge in [-0.25, -0.2) is 13.1 Å². The molecule has 0 saturated carbocycles. The van der Waals surface area contributed by atoms with E-state index < -0.39 is 15.6 Å². The number of benzene rings is 1. The number of nitrogens with one attached hydrogen (secondary N) is 1. The molecule has 0 aromatic heterocycles. The summed E-state index contributed by atoms with van der Waals surface area (Å²) in [6.07, 6.45) is 1.24. The van der Waals surface area contributed by atoms with Crippen LogP contribution in [-0.2, 0) is 10.0 Å². The molecule has 1 aromatic rings. The summed E-state index contributed by atoms with van der Waals surface area (Å²) < 4.78 is 27.9. The van der Waals surface area contributed by atoms with Crippen molar-refractivity contribution >= 4 is 21.6 Å². The second-order valence-electron chi connectivity index (χ2n) is 7.58. The average Bonchev–Trinajstić information content (AvgIpc) is 2.35. The molecule has 0 radical (unpaired) electrons. The molecule has 1 N–H and O–H groups in total. The van der Waals surface area contributed by atoms with Crippen LogP contribution < -0.4 is 4.72 Å². The van der Waals surface area contributed by atoms with Crippen molar-refractivity contribution in [2.45, 2.75) is 44.6 Å². The SMILES string of the molecule is C[C@@H]1C[C@H](C)CN(CC(C)(C)NS(=O)(=O)c2ccc(Cl)cc2)C1. The third-order valence-electron chi connectivity index (χ3n) is 4.10. The summed E-state index contributed by atoms with van der Waals surface area (Å²) in [7, 11) is -3.55. The molecule has 0 unspecified atom stereocenters. The van der Waals surface area contributed by atoms with Crippen molar-refractivity contribution < 1.29 is 8.42 Å². The highest BCUT2D eigenvalue weighted by Crippen LogP contribution is 2.23. The fourth-order valence-electron chi connectivity index (χ4n) is 3.55. The lowest BCUT2D eigenvalue weighted by atomic mass is 9.91. The van der Waals surface area contributed by atoms with Crippen molar-refractivity contribution in [2.75, 3.05) is 19.6 Å². The summed E-state index contributed by atoms with van der Waals surface area (Å²) in [6, 6.07) is 6.26. The number of piperidine rings is 1. The van der Waals surface area contributed by atoms with E-state index in [1.807, 2.05) is 13.8 Å². The first-order valence-electron chi connectivity index (χ1n) is 8.09. The van der Waals surface area contributed by atoms with Gasteiger partial charge in [-0.1, -0.05) is 25.4 Å². The van der Waals surface area contributed by atoms with Crippen molar-refractivity contribution in [3.05, 3.63) is 29.3 Å². The average molecular weight is 359 g/mol. The normalized spacial score (nSPS) is 23.9. The number of hydrogen-bond acceptors (Lipinski definition) is 3. The zero-order valence-corrected chi connectivity index (χ0v) is 15.9. The highest BCUT2D eigenvalue weighted by Gasteiger charge is 2.31. The summed E-state index contributed by atoms with van der Waals surface area (Å²) in [6.45, 7) is 11.1. The van der Waals surface area contributed by atoms with Crippen LogP contribution in [0.4, 0.5) is 0 Å². The summed E-state index contributed by atoms with van der Waals surface area (Å²) in [5.41, 5.74) is -0.532. The zero-order valence-electron chi connectivity index (χ0n) is 14.3. The Morgan fingerprint density at radius 2 is 1.70 bits per heavy atom. The van der Waals surface area contributed by atoms with Crippen molar-refractivity contribution in [1.29, 1.82) is 0 Å². The van der Waals surface area contributed by atoms with Gasteiger partial charge in [-0.2, -0.15) is 0 Å². The van der Waals surface area contributed by atoms with Crippen molar-refractivity contribution in [2.24, 2.45) is 11.8 Å². The second-order valence-corrected chi connectivity index (χ2v) is 9.70. The Kier molecular flexibility index (Phi) is 5.77. The van der Waals surface area contributed by atoms with E-state index in [1.165, 1.54) is 18.6 Å². The van der Waals surface area contributed by atoms with Gasteiger partial charge in [-0.15, -0.1) is 0 Å². The monoisotopic (exact) mass is 358 g/mol. The number of hydrogen-bond donors (Lipinski definition) is 1. The van der Waals surface area contributed by atoms with Crippen LogP contribution in [-0.4, -0.2) is 38.5 Å². The zero-order chi connectivity index (χ0) is 17.3. The molecule has 2 rings (SSSR count). The summed E-state index contributed by atoms with van der Waals surface area (Å²) in [5.74, 6) is 1.31. The van der Waals surface area contributed by atoms with Crippen molar-refractivity contribution in [1.82, 2.24) is 9.62 Å². The van der Waals surface area contributed by atoms with Gasteiger partial charge in [0, 0.05) is 30.2 Å². The predicted octanol–water partition coefficient (Wildman–Crippen LogP) is 3.37. The Balaban J connectivity index is 2.06.